The van der Waals surface area contributed by atoms with Gasteiger partial charge >= 0.3 is 20.0 Å². The van der Waals surface area contributed by atoms with Crippen LogP contribution in [-0.2, 0) is 43.2 Å². The fraction of sp³-hybridized carbons (Fsp3) is 0.652. The Morgan fingerprint density at radius 1 is 1.07 bits per heavy atom. The molecule has 0 aliphatic carbocycles. The average Bonchev–Trinajstić information content (AvgIpc) is 2.84. The van der Waals surface area contributed by atoms with Gasteiger partial charge in [0, 0.05) is 12.0 Å². The number of aliphatic hydroxyl groups is 1. The van der Waals surface area contributed by atoms with E-state index in [2.05, 4.69) is 0 Å². The van der Waals surface area contributed by atoms with Crippen molar-refractivity contribution in [3.05, 3.63) is 34.0 Å². The predicted octanol–water partition coefficient (Wildman–Crippen LogP) is 3.94. The normalized spacial score (nSPS) is 16.1. The number of ether oxygens (including phenoxy) is 1. The van der Waals surface area contributed by atoms with Gasteiger partial charge < -0.3 is 22.8 Å². The van der Waals surface area contributed by atoms with E-state index in [1.807, 2.05) is 4.13 Å². The van der Waals surface area contributed by atoms with Crippen LogP contribution in [-0.4, -0.2) is 68.3 Å². The molecular formula is C23H35F3NO10S2Si-. The Morgan fingerprint density at radius 3 is 2.08 bits per heavy atom. The summed E-state index contributed by atoms with van der Waals surface area (Å²) in [6.07, 6.45) is 0.442. The van der Waals surface area contributed by atoms with Gasteiger partial charge in [0.15, 0.2) is 10.0 Å². The highest BCUT2D eigenvalue weighted by atomic mass is 32.3. The van der Waals surface area contributed by atoms with E-state index in [0.29, 0.717) is 12.0 Å². The maximum absolute atomic E-state index is 13.1. The highest BCUT2D eigenvalue weighted by Gasteiger charge is 2.42. The van der Waals surface area contributed by atoms with Crippen LogP contribution in [0.1, 0.15) is 51.5 Å². The summed E-state index contributed by atoms with van der Waals surface area (Å²) >= 11 is 0. The molecule has 0 spiro atoms. The summed E-state index contributed by atoms with van der Waals surface area (Å²) in [6, 6.07) is 4.32. The molecule has 1 N–H and O–H groups in total. The Hall–Kier alpha value is -2.05. The van der Waals surface area contributed by atoms with Gasteiger partial charge in [-0.05, 0) is 62.9 Å². The van der Waals surface area contributed by atoms with Crippen molar-refractivity contribution in [2.45, 2.75) is 69.4 Å². The molecule has 11 nitrogen and oxygen atoms in total. The molecule has 0 heterocycles. The van der Waals surface area contributed by atoms with Gasteiger partial charge in [-0.2, -0.15) is 13.2 Å². The third-order valence-corrected chi connectivity index (χ3v) is 10.9. The van der Waals surface area contributed by atoms with Crippen LogP contribution in [0.15, 0.2) is 29.2 Å². The van der Waals surface area contributed by atoms with Crippen LogP contribution >= 0.6 is 0 Å². The van der Waals surface area contributed by atoms with E-state index in [1.54, 1.807) is 33.9 Å². The fourth-order valence-electron chi connectivity index (χ4n) is 3.84. The quantitative estimate of drug-likeness (QED) is 0.221. The molecule has 17 heteroatoms. The largest absolute Gasteiger partial charge is 0.494 e. The summed E-state index contributed by atoms with van der Waals surface area (Å²) < 4.78 is 103. The zero-order valence-corrected chi connectivity index (χ0v) is 25.7. The maximum atomic E-state index is 13.1. The topological polar surface area (TPSA) is 164 Å². The van der Waals surface area contributed by atoms with E-state index in [4.69, 9.17) is 18.7 Å². The van der Waals surface area contributed by atoms with Crippen molar-refractivity contribution in [3.8, 4) is 0 Å². The van der Waals surface area contributed by atoms with Crippen LogP contribution in [0.5, 0.6) is 0 Å². The number of nitrogens with zero attached hydrogens (tertiary/aromatic N) is 1. The molecule has 0 saturated heterocycles. The summed E-state index contributed by atoms with van der Waals surface area (Å²) in [7, 11) is -12.8. The van der Waals surface area contributed by atoms with Crippen molar-refractivity contribution in [1.29, 1.82) is 0 Å². The standard InChI is InChI=1S/C23H35F3NO10S2Si/c1-7-17(20(29)37-40(5,6)35-4)15-22(3,21(30)36-13-12-28)14-16(2)18-8-10-19(11-9-18)38(31,32)27-39(33,34)23(24,25)26/h8-11,16-17,28H,7,12-15H2,1-6H3/q-1. The molecule has 3 atom stereocenters. The Bertz CT molecular complexity index is 1240. The van der Waals surface area contributed by atoms with Gasteiger partial charge in [-0.3, -0.25) is 9.59 Å². The lowest BCUT2D eigenvalue weighted by Gasteiger charge is -2.33. The van der Waals surface area contributed by atoms with Crippen LogP contribution in [0.3, 0.4) is 0 Å². The van der Waals surface area contributed by atoms with Crippen molar-refractivity contribution < 1.29 is 58.3 Å². The lowest BCUT2D eigenvalue weighted by atomic mass is 9.73. The number of hydrogen-bond donors (Lipinski definition) is 1. The van der Waals surface area contributed by atoms with Gasteiger partial charge in [-0.1, -0.05) is 26.0 Å². The first kappa shape index (κ1) is 36.0. The van der Waals surface area contributed by atoms with Crippen molar-refractivity contribution in [2.24, 2.45) is 11.3 Å². The van der Waals surface area contributed by atoms with Crippen molar-refractivity contribution in [3.63, 3.8) is 0 Å². The number of halogens is 3. The molecule has 0 saturated carbocycles. The van der Waals surface area contributed by atoms with Crippen molar-refractivity contribution >= 4 is 40.5 Å². The first-order valence-corrected chi connectivity index (χ1v) is 17.8. The second-order valence-electron chi connectivity index (χ2n) is 9.90. The number of carbonyl (C=O) groups is 2. The number of carbonyl (C=O) groups excluding carboxylic acids is 2. The first-order chi connectivity index (χ1) is 18.1. The number of esters is 1. The number of alkyl halides is 3. The molecule has 3 unspecified atom stereocenters. The summed E-state index contributed by atoms with van der Waals surface area (Å²) in [5.41, 5.74) is -6.69. The molecule has 230 valence electrons. The predicted molar refractivity (Wildman–Crippen MR) is 140 cm³/mol. The number of aliphatic hydroxyl groups excluding tert-OH is 1. The van der Waals surface area contributed by atoms with E-state index in [9.17, 15) is 39.6 Å². The lowest BCUT2D eigenvalue weighted by Crippen LogP contribution is -2.41. The molecule has 0 amide bonds. The molecule has 0 aromatic heterocycles. The molecule has 0 aliphatic rings. The van der Waals surface area contributed by atoms with Crippen molar-refractivity contribution in [2.75, 3.05) is 20.3 Å². The van der Waals surface area contributed by atoms with Crippen molar-refractivity contribution in [1.82, 2.24) is 0 Å². The Balaban J connectivity index is 3.25. The Kier molecular flexibility index (Phi) is 12.4. The second-order valence-corrected chi connectivity index (χ2v) is 16.7. The van der Waals surface area contributed by atoms with Gasteiger partial charge in [0.25, 0.3) is 5.97 Å². The molecule has 0 radical (unpaired) electrons. The first-order valence-electron chi connectivity index (χ1n) is 12.1. The van der Waals surface area contributed by atoms with Crippen LogP contribution in [0, 0.1) is 11.3 Å². The molecule has 40 heavy (non-hydrogen) atoms. The molecule has 0 aliphatic heterocycles. The van der Waals surface area contributed by atoms with E-state index in [1.165, 1.54) is 19.2 Å². The van der Waals surface area contributed by atoms with Crippen LogP contribution in [0.4, 0.5) is 13.2 Å². The third-order valence-electron chi connectivity index (χ3n) is 6.17. The monoisotopic (exact) mass is 634 g/mol. The second kappa shape index (κ2) is 13.7. The Labute approximate surface area is 233 Å². The number of rotatable bonds is 15. The van der Waals surface area contributed by atoms with Gasteiger partial charge in [-0.15, -0.1) is 0 Å². The zero-order valence-electron chi connectivity index (χ0n) is 23.0. The molecule has 1 aromatic rings. The lowest BCUT2D eigenvalue weighted by molar-refractivity contribution is -0.159. The molecule has 1 rings (SSSR count). The maximum Gasteiger partial charge on any atom is 0.480 e. The van der Waals surface area contributed by atoms with Gasteiger partial charge in [-0.25, -0.2) is 16.8 Å². The minimum atomic E-state index is -6.28. The molecule has 0 fully saturated rings. The molecule has 1 aromatic carbocycles. The average molecular weight is 635 g/mol. The summed E-state index contributed by atoms with van der Waals surface area (Å²) in [6.45, 7) is 7.70. The fourth-order valence-corrected chi connectivity index (χ4v) is 6.77. The minimum absolute atomic E-state index is 0.0196. The number of hydrogen-bond acceptors (Lipinski definition) is 10. The van der Waals surface area contributed by atoms with Gasteiger partial charge in [0.2, 0.25) is 0 Å². The number of benzene rings is 1. The zero-order chi connectivity index (χ0) is 31.2. The highest BCUT2D eigenvalue weighted by molar-refractivity contribution is 8.12. The molecular weight excluding hydrogens is 599 g/mol. The van der Waals surface area contributed by atoms with Gasteiger partial charge in [0.1, 0.15) is 16.6 Å². The summed E-state index contributed by atoms with van der Waals surface area (Å²) in [5, 5.41) is 9.10. The van der Waals surface area contributed by atoms with Gasteiger partial charge in [0.05, 0.1) is 17.9 Å². The van der Waals surface area contributed by atoms with Crippen LogP contribution in [0.25, 0.3) is 4.13 Å². The smallest absolute Gasteiger partial charge is 0.480 e. The summed E-state index contributed by atoms with van der Waals surface area (Å²) in [5.74, 6) is -2.40. The Morgan fingerprint density at radius 2 is 1.62 bits per heavy atom. The number of sulfonamides is 2. The van der Waals surface area contributed by atoms with Crippen LogP contribution in [0.2, 0.25) is 13.1 Å². The highest BCUT2D eigenvalue weighted by Crippen LogP contribution is 2.40. The van der Waals surface area contributed by atoms with Crippen LogP contribution < -0.4 is 0 Å². The SMILES string of the molecule is CCC(CC(C)(CC(C)c1ccc(S(=O)(=O)[N-]S(=O)(=O)C(F)(F)F)cc1)C(=O)OCCO)C(=O)O[Si](C)(C)OC. The van der Waals surface area contributed by atoms with E-state index in [-0.39, 0.29) is 19.4 Å². The van der Waals surface area contributed by atoms with E-state index < -0.39 is 74.8 Å². The minimum Gasteiger partial charge on any atom is -0.494 e. The van der Waals surface area contributed by atoms with E-state index >= 15 is 0 Å². The third kappa shape index (κ3) is 9.80. The summed E-state index contributed by atoms with van der Waals surface area (Å²) in [4.78, 5) is 25.2. The van der Waals surface area contributed by atoms with E-state index in [0.717, 1.165) is 12.1 Å². The molecule has 0 bridgehead atoms.